The van der Waals surface area contributed by atoms with Crippen molar-refractivity contribution in [1.29, 1.82) is 0 Å². The first-order valence-corrected chi connectivity index (χ1v) is 11.2. The predicted octanol–water partition coefficient (Wildman–Crippen LogP) is 0.946. The molecule has 0 spiro atoms. The molecule has 136 valence electrons. The fourth-order valence-corrected chi connectivity index (χ4v) is 4.64. The first kappa shape index (κ1) is 19.3. The molecule has 1 fully saturated rings. The second-order valence-electron chi connectivity index (χ2n) is 5.92. The SMILES string of the molecule is CNS(=O)(=O)Cc1ccc(CNS(=O)(=O)N2CCCCCC2)cc1. The Kier molecular flexibility index (Phi) is 6.76. The molecule has 2 rings (SSSR count). The minimum atomic E-state index is -3.47. The summed E-state index contributed by atoms with van der Waals surface area (Å²) in [5.41, 5.74) is 1.45. The zero-order valence-corrected chi connectivity index (χ0v) is 15.5. The first-order chi connectivity index (χ1) is 11.3. The lowest BCUT2D eigenvalue weighted by Crippen LogP contribution is -2.40. The summed E-state index contributed by atoms with van der Waals surface area (Å²) >= 11 is 0. The van der Waals surface area contributed by atoms with Crippen LogP contribution in [0.15, 0.2) is 24.3 Å². The lowest BCUT2D eigenvalue weighted by Gasteiger charge is -2.20. The average molecular weight is 376 g/mol. The fraction of sp³-hybridized carbons (Fsp3) is 0.600. The molecule has 1 saturated heterocycles. The van der Waals surface area contributed by atoms with Gasteiger partial charge in [0.25, 0.3) is 10.2 Å². The van der Waals surface area contributed by atoms with Crippen molar-refractivity contribution in [1.82, 2.24) is 13.7 Å². The lowest BCUT2D eigenvalue weighted by atomic mass is 10.1. The van der Waals surface area contributed by atoms with Crippen molar-refractivity contribution in [3.8, 4) is 0 Å². The number of hydrogen-bond donors (Lipinski definition) is 2. The number of sulfonamides is 1. The van der Waals surface area contributed by atoms with Gasteiger partial charge in [-0.05, 0) is 31.0 Å². The van der Waals surface area contributed by atoms with E-state index in [-0.39, 0.29) is 12.3 Å². The molecule has 0 atom stereocenters. The Balaban J connectivity index is 1.94. The van der Waals surface area contributed by atoms with Crippen LogP contribution in [0.5, 0.6) is 0 Å². The number of nitrogens with one attached hydrogen (secondary N) is 2. The van der Waals surface area contributed by atoms with Gasteiger partial charge in [-0.3, -0.25) is 0 Å². The van der Waals surface area contributed by atoms with E-state index in [0.717, 1.165) is 31.2 Å². The van der Waals surface area contributed by atoms with E-state index in [2.05, 4.69) is 9.44 Å². The van der Waals surface area contributed by atoms with Crippen LogP contribution < -0.4 is 9.44 Å². The molecule has 9 heteroatoms. The summed E-state index contributed by atoms with van der Waals surface area (Å²) in [4.78, 5) is 0. The van der Waals surface area contributed by atoms with Crippen molar-refractivity contribution in [3.63, 3.8) is 0 Å². The fourth-order valence-electron chi connectivity index (χ4n) is 2.59. The van der Waals surface area contributed by atoms with Gasteiger partial charge in [0, 0.05) is 19.6 Å². The van der Waals surface area contributed by atoms with Gasteiger partial charge >= 0.3 is 0 Å². The van der Waals surface area contributed by atoms with Gasteiger partial charge in [0.2, 0.25) is 10.0 Å². The average Bonchev–Trinajstić information content (AvgIpc) is 2.84. The highest BCUT2D eigenvalue weighted by atomic mass is 32.2. The zero-order chi connectivity index (χ0) is 17.6. The van der Waals surface area contributed by atoms with Crippen LogP contribution in [0, 0.1) is 0 Å². The Hall–Kier alpha value is -1.00. The van der Waals surface area contributed by atoms with Crippen LogP contribution in [-0.4, -0.2) is 41.3 Å². The molecule has 0 bridgehead atoms. The van der Waals surface area contributed by atoms with Crippen molar-refractivity contribution in [2.75, 3.05) is 20.1 Å². The highest BCUT2D eigenvalue weighted by Gasteiger charge is 2.22. The standard InChI is InChI=1S/C15H25N3O4S2/c1-16-23(19,20)13-15-8-6-14(7-9-15)12-17-24(21,22)18-10-4-2-3-5-11-18/h6-9,16-17H,2-5,10-13H2,1H3. The molecule has 0 unspecified atom stereocenters. The van der Waals surface area contributed by atoms with Crippen LogP contribution in [0.25, 0.3) is 0 Å². The molecular formula is C15H25N3O4S2. The summed E-state index contributed by atoms with van der Waals surface area (Å²) in [6, 6.07) is 6.88. The van der Waals surface area contributed by atoms with Crippen molar-refractivity contribution in [3.05, 3.63) is 35.4 Å². The summed E-state index contributed by atoms with van der Waals surface area (Å²) < 4.78 is 54.1. The predicted molar refractivity (Wildman–Crippen MR) is 93.9 cm³/mol. The molecular weight excluding hydrogens is 350 g/mol. The van der Waals surface area contributed by atoms with E-state index < -0.39 is 20.2 Å². The summed E-state index contributed by atoms with van der Waals surface area (Å²) in [5, 5.41) is 0. The van der Waals surface area contributed by atoms with Gasteiger partial charge in [0.15, 0.2) is 0 Å². The quantitative estimate of drug-likeness (QED) is 0.742. The van der Waals surface area contributed by atoms with E-state index in [1.807, 2.05) is 0 Å². The number of nitrogens with zero attached hydrogens (tertiary/aromatic N) is 1. The summed E-state index contributed by atoms with van der Waals surface area (Å²) in [6.07, 6.45) is 3.94. The van der Waals surface area contributed by atoms with Gasteiger partial charge in [0.1, 0.15) is 0 Å². The molecule has 7 nitrogen and oxygen atoms in total. The van der Waals surface area contributed by atoms with Crippen LogP contribution in [-0.2, 0) is 32.5 Å². The smallest absolute Gasteiger partial charge is 0.218 e. The van der Waals surface area contributed by atoms with Crippen molar-refractivity contribution < 1.29 is 16.8 Å². The third-order valence-electron chi connectivity index (χ3n) is 4.05. The topological polar surface area (TPSA) is 95.6 Å². The molecule has 0 radical (unpaired) electrons. The van der Waals surface area contributed by atoms with Crippen LogP contribution in [0.3, 0.4) is 0 Å². The molecule has 1 heterocycles. The van der Waals surface area contributed by atoms with Gasteiger partial charge < -0.3 is 0 Å². The van der Waals surface area contributed by atoms with E-state index in [0.29, 0.717) is 18.7 Å². The molecule has 24 heavy (non-hydrogen) atoms. The van der Waals surface area contributed by atoms with Crippen molar-refractivity contribution in [2.24, 2.45) is 0 Å². The van der Waals surface area contributed by atoms with Crippen LogP contribution in [0.1, 0.15) is 36.8 Å². The molecule has 1 aliphatic rings. The first-order valence-electron chi connectivity index (χ1n) is 8.06. The third-order valence-corrected chi connectivity index (χ3v) is 6.94. The van der Waals surface area contributed by atoms with Crippen LogP contribution in [0.4, 0.5) is 0 Å². The van der Waals surface area contributed by atoms with Crippen molar-refractivity contribution in [2.45, 2.75) is 38.0 Å². The Morgan fingerprint density at radius 1 is 0.917 bits per heavy atom. The van der Waals surface area contributed by atoms with Gasteiger partial charge in [-0.1, -0.05) is 37.1 Å². The maximum atomic E-state index is 12.3. The molecule has 0 aromatic heterocycles. The molecule has 1 aromatic carbocycles. The van der Waals surface area contributed by atoms with Crippen LogP contribution in [0.2, 0.25) is 0 Å². The second kappa shape index (κ2) is 8.39. The molecule has 0 aliphatic carbocycles. The van der Waals surface area contributed by atoms with Crippen molar-refractivity contribution >= 4 is 20.2 Å². The minimum absolute atomic E-state index is 0.0940. The third kappa shape index (κ3) is 5.82. The minimum Gasteiger partial charge on any atom is -0.218 e. The van der Waals surface area contributed by atoms with Crippen LogP contribution >= 0.6 is 0 Å². The van der Waals surface area contributed by atoms with E-state index in [1.165, 1.54) is 11.4 Å². The molecule has 1 aliphatic heterocycles. The Morgan fingerprint density at radius 2 is 1.46 bits per heavy atom. The van der Waals surface area contributed by atoms with E-state index in [9.17, 15) is 16.8 Å². The number of hydrogen-bond acceptors (Lipinski definition) is 4. The van der Waals surface area contributed by atoms with Gasteiger partial charge in [0.05, 0.1) is 5.75 Å². The van der Waals surface area contributed by atoms with E-state index in [4.69, 9.17) is 0 Å². The maximum absolute atomic E-state index is 12.3. The number of benzene rings is 1. The highest BCUT2D eigenvalue weighted by molar-refractivity contribution is 7.88. The monoisotopic (exact) mass is 375 g/mol. The summed E-state index contributed by atoms with van der Waals surface area (Å²) in [5.74, 6) is -0.0940. The Bertz CT molecular complexity index is 722. The molecule has 0 saturated carbocycles. The Labute approximate surface area is 144 Å². The van der Waals surface area contributed by atoms with E-state index in [1.54, 1.807) is 24.3 Å². The summed E-state index contributed by atoms with van der Waals surface area (Å²) in [7, 11) is -5.40. The normalized spacial score (nSPS) is 17.5. The highest BCUT2D eigenvalue weighted by Crippen LogP contribution is 2.13. The van der Waals surface area contributed by atoms with Gasteiger partial charge in [-0.25, -0.2) is 13.1 Å². The Morgan fingerprint density at radius 3 is 2.00 bits per heavy atom. The largest absolute Gasteiger partial charge is 0.279 e. The molecule has 1 aromatic rings. The van der Waals surface area contributed by atoms with E-state index >= 15 is 0 Å². The van der Waals surface area contributed by atoms with Gasteiger partial charge in [-0.2, -0.15) is 17.4 Å². The maximum Gasteiger partial charge on any atom is 0.279 e. The molecule has 2 N–H and O–H groups in total. The second-order valence-corrected chi connectivity index (χ2v) is 9.60. The number of rotatable bonds is 7. The zero-order valence-electron chi connectivity index (χ0n) is 13.9. The van der Waals surface area contributed by atoms with Gasteiger partial charge in [-0.15, -0.1) is 0 Å². The lowest BCUT2D eigenvalue weighted by molar-refractivity contribution is 0.414. The summed E-state index contributed by atoms with van der Waals surface area (Å²) in [6.45, 7) is 1.32. The molecule has 0 amide bonds.